The summed E-state index contributed by atoms with van der Waals surface area (Å²) in [4.78, 5) is 10.7. The standard InChI is InChI=1S/C17H20ClN3O2/c1-22-16-17(20-9-8-19-16)23-15-6-10-21(11-7-15)12-13-2-4-14(18)5-3-13/h2-5,8-9,15H,6-7,10-12H2,1H3. The number of nitrogens with zero attached hydrogens (tertiary/aromatic N) is 3. The van der Waals surface area contributed by atoms with E-state index < -0.39 is 0 Å². The Morgan fingerprint density at radius 1 is 1.09 bits per heavy atom. The first-order valence-corrected chi connectivity index (χ1v) is 8.11. The van der Waals surface area contributed by atoms with Gasteiger partial charge in [-0.2, -0.15) is 0 Å². The monoisotopic (exact) mass is 333 g/mol. The normalized spacial score (nSPS) is 16.3. The van der Waals surface area contributed by atoms with E-state index in [1.165, 1.54) is 5.56 Å². The van der Waals surface area contributed by atoms with Gasteiger partial charge < -0.3 is 9.47 Å². The van der Waals surface area contributed by atoms with Crippen molar-refractivity contribution in [1.82, 2.24) is 14.9 Å². The molecule has 5 nitrogen and oxygen atoms in total. The number of methoxy groups -OCH3 is 1. The highest BCUT2D eigenvalue weighted by Gasteiger charge is 2.22. The Labute approximate surface area is 141 Å². The number of aromatic nitrogens is 2. The van der Waals surface area contributed by atoms with E-state index in [1.807, 2.05) is 12.1 Å². The largest absolute Gasteiger partial charge is 0.477 e. The van der Waals surface area contributed by atoms with Gasteiger partial charge in [0.25, 0.3) is 11.8 Å². The molecule has 1 aliphatic heterocycles. The smallest absolute Gasteiger partial charge is 0.278 e. The molecule has 1 saturated heterocycles. The van der Waals surface area contributed by atoms with E-state index in [0.29, 0.717) is 11.8 Å². The summed E-state index contributed by atoms with van der Waals surface area (Å²) in [5.41, 5.74) is 1.28. The number of rotatable bonds is 5. The molecule has 2 heterocycles. The van der Waals surface area contributed by atoms with Crippen LogP contribution >= 0.6 is 11.6 Å². The van der Waals surface area contributed by atoms with Crippen molar-refractivity contribution < 1.29 is 9.47 Å². The minimum atomic E-state index is 0.155. The van der Waals surface area contributed by atoms with Crippen molar-refractivity contribution in [1.29, 1.82) is 0 Å². The Morgan fingerprint density at radius 3 is 2.39 bits per heavy atom. The molecule has 1 aromatic heterocycles. The lowest BCUT2D eigenvalue weighted by molar-refractivity contribution is 0.0898. The highest BCUT2D eigenvalue weighted by Crippen LogP contribution is 2.24. The fourth-order valence-electron chi connectivity index (χ4n) is 2.72. The third kappa shape index (κ3) is 4.33. The summed E-state index contributed by atoms with van der Waals surface area (Å²) < 4.78 is 11.1. The first kappa shape index (κ1) is 16.0. The van der Waals surface area contributed by atoms with Crippen molar-refractivity contribution in [3.63, 3.8) is 0 Å². The van der Waals surface area contributed by atoms with Crippen molar-refractivity contribution in [2.24, 2.45) is 0 Å². The van der Waals surface area contributed by atoms with Crippen molar-refractivity contribution in [2.45, 2.75) is 25.5 Å². The van der Waals surface area contributed by atoms with Crippen LogP contribution in [0.25, 0.3) is 0 Å². The second-order valence-corrected chi connectivity index (χ2v) is 6.03. The van der Waals surface area contributed by atoms with Gasteiger partial charge in [-0.15, -0.1) is 0 Å². The molecule has 1 fully saturated rings. The molecule has 1 aromatic carbocycles. The van der Waals surface area contributed by atoms with Crippen LogP contribution in [0.3, 0.4) is 0 Å². The first-order chi connectivity index (χ1) is 11.2. The van der Waals surface area contributed by atoms with Crippen LogP contribution in [0.4, 0.5) is 0 Å². The molecule has 0 radical (unpaired) electrons. The Kier molecular flexibility index (Phi) is 5.31. The molecule has 2 aromatic rings. The molecule has 3 rings (SSSR count). The third-order valence-electron chi connectivity index (χ3n) is 3.96. The van der Waals surface area contributed by atoms with E-state index in [4.69, 9.17) is 21.1 Å². The van der Waals surface area contributed by atoms with Gasteiger partial charge in [-0.05, 0) is 30.5 Å². The second-order valence-electron chi connectivity index (χ2n) is 5.59. The maximum Gasteiger partial charge on any atom is 0.278 e. The molecule has 0 aliphatic carbocycles. The van der Waals surface area contributed by atoms with Crippen molar-refractivity contribution in [3.8, 4) is 11.8 Å². The van der Waals surface area contributed by atoms with Crippen LogP contribution in [0.15, 0.2) is 36.7 Å². The number of benzene rings is 1. The summed E-state index contributed by atoms with van der Waals surface area (Å²) in [6.07, 6.45) is 5.30. The van der Waals surface area contributed by atoms with E-state index in [1.54, 1.807) is 19.5 Å². The van der Waals surface area contributed by atoms with Gasteiger partial charge in [0.2, 0.25) is 0 Å². The number of halogens is 1. The zero-order chi connectivity index (χ0) is 16.1. The average molecular weight is 334 g/mol. The minimum Gasteiger partial charge on any atom is -0.477 e. The Bertz CT molecular complexity index is 628. The van der Waals surface area contributed by atoms with Gasteiger partial charge in [0.05, 0.1) is 7.11 Å². The van der Waals surface area contributed by atoms with E-state index in [0.717, 1.165) is 37.5 Å². The fourth-order valence-corrected chi connectivity index (χ4v) is 2.85. The predicted octanol–water partition coefficient (Wildman–Crippen LogP) is 3.18. The summed E-state index contributed by atoms with van der Waals surface area (Å²) in [5, 5.41) is 0.777. The number of piperidine rings is 1. The predicted molar refractivity (Wildman–Crippen MR) is 89.0 cm³/mol. The van der Waals surface area contributed by atoms with Crippen LogP contribution in [0.2, 0.25) is 5.02 Å². The third-order valence-corrected chi connectivity index (χ3v) is 4.21. The van der Waals surface area contributed by atoms with Gasteiger partial charge in [0, 0.05) is 37.1 Å². The van der Waals surface area contributed by atoms with Crippen LogP contribution in [-0.4, -0.2) is 41.2 Å². The topological polar surface area (TPSA) is 47.5 Å². The van der Waals surface area contributed by atoms with Crippen LogP contribution < -0.4 is 9.47 Å². The van der Waals surface area contributed by atoms with Crippen molar-refractivity contribution >= 4 is 11.6 Å². The number of likely N-dealkylation sites (tertiary alicyclic amines) is 1. The SMILES string of the molecule is COc1nccnc1OC1CCN(Cc2ccc(Cl)cc2)CC1. The molecule has 0 saturated carbocycles. The van der Waals surface area contributed by atoms with Crippen LogP contribution in [0.5, 0.6) is 11.8 Å². The molecule has 6 heteroatoms. The zero-order valence-electron chi connectivity index (χ0n) is 13.1. The van der Waals surface area contributed by atoms with Gasteiger partial charge in [0.1, 0.15) is 6.10 Å². The Morgan fingerprint density at radius 2 is 1.74 bits per heavy atom. The molecule has 0 spiro atoms. The molecular formula is C17H20ClN3O2. The maximum absolute atomic E-state index is 5.95. The highest BCUT2D eigenvalue weighted by molar-refractivity contribution is 6.30. The molecule has 0 unspecified atom stereocenters. The van der Waals surface area contributed by atoms with E-state index in [9.17, 15) is 0 Å². The molecular weight excluding hydrogens is 314 g/mol. The zero-order valence-corrected chi connectivity index (χ0v) is 13.9. The average Bonchev–Trinajstić information content (AvgIpc) is 2.59. The van der Waals surface area contributed by atoms with Crippen LogP contribution in [-0.2, 0) is 6.54 Å². The summed E-state index contributed by atoms with van der Waals surface area (Å²) in [5.74, 6) is 0.919. The number of hydrogen-bond donors (Lipinski definition) is 0. The summed E-state index contributed by atoms with van der Waals surface area (Å²) in [7, 11) is 1.57. The fraction of sp³-hybridized carbons (Fsp3) is 0.412. The van der Waals surface area contributed by atoms with Crippen LogP contribution in [0, 0.1) is 0 Å². The molecule has 0 N–H and O–H groups in total. The van der Waals surface area contributed by atoms with E-state index in [2.05, 4.69) is 27.0 Å². The quantitative estimate of drug-likeness (QED) is 0.841. The molecule has 1 aliphatic rings. The van der Waals surface area contributed by atoms with Crippen molar-refractivity contribution in [3.05, 3.63) is 47.2 Å². The Balaban J connectivity index is 1.51. The van der Waals surface area contributed by atoms with E-state index in [-0.39, 0.29) is 6.10 Å². The molecule has 122 valence electrons. The lowest BCUT2D eigenvalue weighted by Crippen LogP contribution is -2.38. The van der Waals surface area contributed by atoms with E-state index >= 15 is 0 Å². The Hall–Kier alpha value is -1.85. The summed E-state index contributed by atoms with van der Waals surface area (Å²) in [6.45, 7) is 2.93. The molecule has 23 heavy (non-hydrogen) atoms. The maximum atomic E-state index is 5.95. The minimum absolute atomic E-state index is 0.155. The molecule has 0 amide bonds. The van der Waals surface area contributed by atoms with Crippen LogP contribution in [0.1, 0.15) is 18.4 Å². The molecule has 0 atom stereocenters. The van der Waals surface area contributed by atoms with Gasteiger partial charge in [-0.25, -0.2) is 9.97 Å². The molecule has 0 bridgehead atoms. The number of ether oxygens (including phenoxy) is 2. The van der Waals surface area contributed by atoms with Gasteiger partial charge in [0.15, 0.2) is 0 Å². The first-order valence-electron chi connectivity index (χ1n) is 7.73. The second kappa shape index (κ2) is 7.62. The lowest BCUT2D eigenvalue weighted by atomic mass is 10.1. The summed E-state index contributed by atoms with van der Waals surface area (Å²) in [6, 6.07) is 8.03. The lowest BCUT2D eigenvalue weighted by Gasteiger charge is -2.31. The summed E-state index contributed by atoms with van der Waals surface area (Å²) >= 11 is 5.92. The van der Waals surface area contributed by atoms with Crippen molar-refractivity contribution in [2.75, 3.05) is 20.2 Å². The highest BCUT2D eigenvalue weighted by atomic mass is 35.5. The number of hydrogen-bond acceptors (Lipinski definition) is 5. The van der Waals surface area contributed by atoms with Gasteiger partial charge in [-0.3, -0.25) is 4.90 Å². The van der Waals surface area contributed by atoms with Gasteiger partial charge >= 0.3 is 0 Å². The van der Waals surface area contributed by atoms with Gasteiger partial charge in [-0.1, -0.05) is 23.7 Å².